The van der Waals surface area contributed by atoms with Gasteiger partial charge in [0.05, 0.1) is 26.8 Å². The van der Waals surface area contributed by atoms with Gasteiger partial charge in [0.25, 0.3) is 5.91 Å². The van der Waals surface area contributed by atoms with E-state index in [4.69, 9.17) is 15.2 Å². The average Bonchev–Trinajstić information content (AvgIpc) is 2.86. The number of hydrogen-bond acceptors (Lipinski definition) is 4. The molecule has 0 fully saturated rings. The molecule has 0 aliphatic carbocycles. The van der Waals surface area contributed by atoms with E-state index in [9.17, 15) is 4.79 Å². The van der Waals surface area contributed by atoms with E-state index in [1.165, 1.54) is 0 Å². The number of carbonyl (C=O) groups is 1. The Morgan fingerprint density at radius 3 is 2.62 bits per heavy atom. The molecule has 0 saturated carbocycles. The van der Waals surface area contributed by atoms with Crippen LogP contribution in [-0.2, 0) is 6.54 Å². The first-order valence-electron chi connectivity index (χ1n) is 7.60. The predicted molar refractivity (Wildman–Crippen MR) is 95.4 cm³/mol. The molecule has 126 valence electrons. The third-order valence-corrected chi connectivity index (χ3v) is 4.79. The number of benzene rings is 2. The van der Waals surface area contributed by atoms with Crippen LogP contribution in [-0.4, -0.2) is 31.6 Å². The van der Waals surface area contributed by atoms with Gasteiger partial charge in [-0.25, -0.2) is 0 Å². The zero-order chi connectivity index (χ0) is 17.3. The highest BCUT2D eigenvalue weighted by Crippen LogP contribution is 2.37. The molecule has 0 saturated heterocycles. The van der Waals surface area contributed by atoms with E-state index in [1.807, 2.05) is 36.4 Å². The number of nitrogens with two attached hydrogens (primary N) is 1. The molecule has 1 atom stereocenters. The summed E-state index contributed by atoms with van der Waals surface area (Å²) < 4.78 is 11.6. The summed E-state index contributed by atoms with van der Waals surface area (Å²) in [6.45, 7) is 0.799. The highest BCUT2D eigenvalue weighted by atomic mass is 79.9. The predicted octanol–water partition coefficient (Wildman–Crippen LogP) is 3.12. The van der Waals surface area contributed by atoms with Crippen molar-refractivity contribution in [3.63, 3.8) is 0 Å². The quantitative estimate of drug-likeness (QED) is 0.851. The zero-order valence-corrected chi connectivity index (χ0v) is 15.2. The minimum atomic E-state index is -0.142. The van der Waals surface area contributed by atoms with E-state index in [0.717, 1.165) is 15.6 Å². The Bertz CT molecular complexity index is 779. The number of halogens is 1. The van der Waals surface area contributed by atoms with Crippen LogP contribution in [0.3, 0.4) is 0 Å². The van der Waals surface area contributed by atoms with Gasteiger partial charge < -0.3 is 20.1 Å². The number of methoxy groups -OCH3 is 2. The van der Waals surface area contributed by atoms with Gasteiger partial charge >= 0.3 is 0 Å². The molecule has 3 rings (SSSR count). The second-order valence-electron chi connectivity index (χ2n) is 5.59. The summed E-state index contributed by atoms with van der Waals surface area (Å²) in [6, 6.07) is 11.1. The van der Waals surface area contributed by atoms with Crippen molar-refractivity contribution >= 4 is 21.8 Å². The molecular formula is C18H19BrN2O3. The van der Waals surface area contributed by atoms with Crippen LogP contribution in [0.1, 0.15) is 27.5 Å². The Morgan fingerprint density at radius 2 is 1.96 bits per heavy atom. The third-order valence-electron chi connectivity index (χ3n) is 4.30. The lowest BCUT2D eigenvalue weighted by atomic mass is 10.0. The van der Waals surface area contributed by atoms with Gasteiger partial charge in [-0.15, -0.1) is 0 Å². The largest absolute Gasteiger partial charge is 0.497 e. The Labute approximate surface area is 149 Å². The van der Waals surface area contributed by atoms with Crippen LogP contribution in [0.4, 0.5) is 0 Å². The van der Waals surface area contributed by atoms with Crippen molar-refractivity contribution < 1.29 is 14.3 Å². The summed E-state index contributed by atoms with van der Waals surface area (Å²) in [5.41, 5.74) is 8.55. The van der Waals surface area contributed by atoms with E-state index < -0.39 is 0 Å². The number of hydrogen-bond donors (Lipinski definition) is 1. The first kappa shape index (κ1) is 16.8. The fraction of sp³-hybridized carbons (Fsp3) is 0.278. The third kappa shape index (κ3) is 2.87. The van der Waals surface area contributed by atoms with Crippen molar-refractivity contribution in [3.05, 3.63) is 57.6 Å². The van der Waals surface area contributed by atoms with E-state index in [1.54, 1.807) is 19.1 Å². The minimum Gasteiger partial charge on any atom is -0.497 e. The van der Waals surface area contributed by atoms with Crippen LogP contribution in [0.2, 0.25) is 0 Å². The van der Waals surface area contributed by atoms with Crippen molar-refractivity contribution in [1.82, 2.24) is 4.90 Å². The van der Waals surface area contributed by atoms with Gasteiger partial charge in [0.2, 0.25) is 0 Å². The molecule has 1 unspecified atom stereocenters. The Balaban J connectivity index is 1.95. The molecule has 0 radical (unpaired) electrons. The highest BCUT2D eigenvalue weighted by molar-refractivity contribution is 9.10. The number of nitrogens with zero attached hydrogens (tertiary/aromatic N) is 1. The lowest BCUT2D eigenvalue weighted by Crippen LogP contribution is -2.32. The van der Waals surface area contributed by atoms with Crippen molar-refractivity contribution in [2.24, 2.45) is 5.73 Å². The van der Waals surface area contributed by atoms with E-state index in [-0.39, 0.29) is 11.9 Å². The standard InChI is InChI=1S/C18H19BrN2O3/c1-23-13-5-3-11(17(8-13)24-2)10-21-16(9-20)15-7-12(19)4-6-14(15)18(21)22/h3-8,16H,9-10,20H2,1-2H3. The fourth-order valence-corrected chi connectivity index (χ4v) is 3.45. The molecule has 1 aliphatic rings. The maximum Gasteiger partial charge on any atom is 0.255 e. The summed E-state index contributed by atoms with van der Waals surface area (Å²) in [6.07, 6.45) is 0. The number of carbonyl (C=O) groups excluding carboxylic acids is 1. The van der Waals surface area contributed by atoms with Crippen LogP contribution >= 0.6 is 15.9 Å². The molecule has 1 heterocycles. The van der Waals surface area contributed by atoms with Crippen molar-refractivity contribution in [1.29, 1.82) is 0 Å². The van der Waals surface area contributed by atoms with E-state index in [2.05, 4.69) is 15.9 Å². The number of fused-ring (bicyclic) bond motifs is 1. The van der Waals surface area contributed by atoms with Crippen LogP contribution in [0.15, 0.2) is 40.9 Å². The molecule has 5 nitrogen and oxygen atoms in total. The summed E-state index contributed by atoms with van der Waals surface area (Å²) in [4.78, 5) is 14.6. The van der Waals surface area contributed by atoms with Crippen LogP contribution in [0.5, 0.6) is 11.5 Å². The van der Waals surface area contributed by atoms with Gasteiger partial charge in [0.15, 0.2) is 0 Å². The first-order chi connectivity index (χ1) is 11.6. The summed E-state index contributed by atoms with van der Waals surface area (Å²) in [7, 11) is 3.22. The van der Waals surface area contributed by atoms with Gasteiger partial charge in [0.1, 0.15) is 11.5 Å². The fourth-order valence-electron chi connectivity index (χ4n) is 3.07. The molecule has 2 aromatic carbocycles. The molecule has 0 bridgehead atoms. The molecule has 0 spiro atoms. The Hall–Kier alpha value is -2.05. The smallest absolute Gasteiger partial charge is 0.255 e. The highest BCUT2D eigenvalue weighted by Gasteiger charge is 2.36. The molecule has 2 aromatic rings. The summed E-state index contributed by atoms with van der Waals surface area (Å²) in [5, 5.41) is 0. The number of ether oxygens (including phenoxy) is 2. The summed E-state index contributed by atoms with van der Waals surface area (Å²) in [5.74, 6) is 1.40. The van der Waals surface area contributed by atoms with Crippen molar-refractivity contribution in [2.45, 2.75) is 12.6 Å². The van der Waals surface area contributed by atoms with E-state index >= 15 is 0 Å². The molecule has 6 heteroatoms. The maximum absolute atomic E-state index is 12.8. The lowest BCUT2D eigenvalue weighted by Gasteiger charge is -2.25. The molecule has 1 amide bonds. The topological polar surface area (TPSA) is 64.8 Å². The average molecular weight is 391 g/mol. The molecule has 2 N–H and O–H groups in total. The summed E-state index contributed by atoms with van der Waals surface area (Å²) >= 11 is 3.46. The lowest BCUT2D eigenvalue weighted by molar-refractivity contribution is 0.0714. The molecule has 0 aromatic heterocycles. The SMILES string of the molecule is COc1ccc(CN2C(=O)c3ccc(Br)cc3C2CN)c(OC)c1. The monoisotopic (exact) mass is 390 g/mol. The van der Waals surface area contributed by atoms with Crippen molar-refractivity contribution in [3.8, 4) is 11.5 Å². The molecular weight excluding hydrogens is 372 g/mol. The van der Waals surface area contributed by atoms with Gasteiger partial charge in [-0.3, -0.25) is 4.79 Å². The zero-order valence-electron chi connectivity index (χ0n) is 13.6. The Morgan fingerprint density at radius 1 is 1.17 bits per heavy atom. The van der Waals surface area contributed by atoms with Crippen molar-refractivity contribution in [2.75, 3.05) is 20.8 Å². The second kappa shape index (κ2) is 6.83. The number of amides is 1. The van der Waals surface area contributed by atoms with Crippen LogP contribution in [0.25, 0.3) is 0 Å². The molecule has 1 aliphatic heterocycles. The van der Waals surface area contributed by atoms with Gasteiger partial charge in [0, 0.05) is 28.2 Å². The van der Waals surface area contributed by atoms with Gasteiger partial charge in [-0.1, -0.05) is 15.9 Å². The van der Waals surface area contributed by atoms with Gasteiger partial charge in [-0.05, 0) is 35.9 Å². The minimum absolute atomic E-state index is 0.00850. The van der Waals surface area contributed by atoms with E-state index in [0.29, 0.717) is 30.2 Å². The van der Waals surface area contributed by atoms with Crippen LogP contribution in [0, 0.1) is 0 Å². The number of rotatable bonds is 5. The normalized spacial score (nSPS) is 16.2. The van der Waals surface area contributed by atoms with Crippen LogP contribution < -0.4 is 15.2 Å². The Kier molecular flexibility index (Phi) is 4.78. The van der Waals surface area contributed by atoms with Gasteiger partial charge in [-0.2, -0.15) is 0 Å². The maximum atomic E-state index is 12.8. The first-order valence-corrected chi connectivity index (χ1v) is 8.39. The second-order valence-corrected chi connectivity index (χ2v) is 6.51. The molecule has 24 heavy (non-hydrogen) atoms.